The quantitative estimate of drug-likeness (QED) is 0.760. The van der Waals surface area contributed by atoms with Crippen LogP contribution in [0.25, 0.3) is 0 Å². The topological polar surface area (TPSA) is 107 Å². The number of nitrogens with one attached hydrogen (secondary N) is 1. The second kappa shape index (κ2) is 5.32. The van der Waals surface area contributed by atoms with Gasteiger partial charge in [-0.25, -0.2) is 17.7 Å². The average Bonchev–Trinajstić information content (AvgIpc) is 3.13. The fraction of sp³-hybridized carbons (Fsp3) is 0.692. The number of hydrogen-bond donors (Lipinski definition) is 2. The van der Waals surface area contributed by atoms with Crippen LogP contribution < -0.4 is 0 Å². The molecule has 3 rings (SSSR count). The number of carboxylic acids is 1. The summed E-state index contributed by atoms with van der Waals surface area (Å²) in [7, 11) is -3.35. The summed E-state index contributed by atoms with van der Waals surface area (Å²) < 4.78 is 25.4. The molecule has 0 amide bonds. The van der Waals surface area contributed by atoms with E-state index in [0.29, 0.717) is 19.6 Å². The summed E-state index contributed by atoms with van der Waals surface area (Å²) >= 11 is 0. The molecule has 2 aliphatic rings. The first-order chi connectivity index (χ1) is 10.4. The molecule has 2 fully saturated rings. The van der Waals surface area contributed by atoms with Crippen LogP contribution in [0.2, 0.25) is 0 Å². The molecule has 0 aliphatic carbocycles. The summed E-state index contributed by atoms with van der Waals surface area (Å²) in [6.07, 6.45) is 3.39. The van der Waals surface area contributed by atoms with Gasteiger partial charge in [-0.3, -0.25) is 9.69 Å². The van der Waals surface area contributed by atoms with Gasteiger partial charge in [0, 0.05) is 44.5 Å². The number of fused-ring (bicyclic) bond motifs is 1. The maximum Gasteiger partial charge on any atom is 0.312 e. The highest BCUT2D eigenvalue weighted by Crippen LogP contribution is 2.44. The molecule has 0 unspecified atom stereocenters. The summed E-state index contributed by atoms with van der Waals surface area (Å²) in [6, 6.07) is 0. The van der Waals surface area contributed by atoms with Crippen LogP contribution in [0.15, 0.2) is 12.4 Å². The number of hydrogen-bond acceptors (Lipinski definition) is 5. The molecule has 2 aliphatic heterocycles. The number of nitrogens with zero attached hydrogens (tertiary/aromatic N) is 3. The molecule has 0 spiro atoms. The second-order valence-electron chi connectivity index (χ2n) is 6.06. The minimum Gasteiger partial charge on any atom is -0.481 e. The van der Waals surface area contributed by atoms with Crippen molar-refractivity contribution in [3.63, 3.8) is 0 Å². The predicted molar refractivity (Wildman–Crippen MR) is 78.5 cm³/mol. The third kappa shape index (κ3) is 2.42. The van der Waals surface area contributed by atoms with Gasteiger partial charge in [0.2, 0.25) is 10.0 Å². The van der Waals surface area contributed by atoms with Crippen LogP contribution in [-0.2, 0) is 21.4 Å². The van der Waals surface area contributed by atoms with E-state index < -0.39 is 21.4 Å². The standard InChI is InChI=1S/C13H20N4O4S/c1-2-22(20,21)17-6-10-5-16(7-11-14-3-4-15-11)8-13(10,9-17)12(18)19/h3-4,10H,2,5-9H2,1H3,(H,14,15)(H,18,19)/t10-,13-/m1/s1. The zero-order valence-corrected chi connectivity index (χ0v) is 13.2. The molecule has 0 bridgehead atoms. The van der Waals surface area contributed by atoms with Crippen molar-refractivity contribution in [1.29, 1.82) is 0 Å². The number of carbonyl (C=O) groups is 1. The highest BCUT2D eigenvalue weighted by molar-refractivity contribution is 7.89. The number of H-pyrrole nitrogens is 1. The normalized spacial score (nSPS) is 29.8. The lowest BCUT2D eigenvalue weighted by atomic mass is 9.81. The Kier molecular flexibility index (Phi) is 3.74. The molecule has 1 aromatic rings. The molecule has 22 heavy (non-hydrogen) atoms. The summed E-state index contributed by atoms with van der Waals surface area (Å²) in [4.78, 5) is 21.0. The van der Waals surface area contributed by atoms with Crippen molar-refractivity contribution in [2.45, 2.75) is 13.5 Å². The summed E-state index contributed by atoms with van der Waals surface area (Å²) in [5, 5.41) is 9.70. The molecular weight excluding hydrogens is 308 g/mol. The maximum atomic E-state index is 12.0. The fourth-order valence-corrected chi connectivity index (χ4v) is 4.74. The molecule has 2 N–H and O–H groups in total. The van der Waals surface area contributed by atoms with Crippen molar-refractivity contribution < 1.29 is 18.3 Å². The van der Waals surface area contributed by atoms with Gasteiger partial charge in [0.05, 0.1) is 17.7 Å². The van der Waals surface area contributed by atoms with Crippen LogP contribution in [0, 0.1) is 11.3 Å². The van der Waals surface area contributed by atoms with E-state index in [9.17, 15) is 18.3 Å². The number of aromatic nitrogens is 2. The Balaban J connectivity index is 1.78. The largest absolute Gasteiger partial charge is 0.481 e. The van der Waals surface area contributed by atoms with Gasteiger partial charge >= 0.3 is 5.97 Å². The van der Waals surface area contributed by atoms with Crippen LogP contribution in [-0.4, -0.2) is 70.6 Å². The predicted octanol–water partition coefficient (Wildman–Crippen LogP) is -0.422. The van der Waals surface area contributed by atoms with Crippen molar-refractivity contribution in [1.82, 2.24) is 19.2 Å². The van der Waals surface area contributed by atoms with Crippen LogP contribution in [0.3, 0.4) is 0 Å². The SMILES string of the molecule is CCS(=O)(=O)N1C[C@H]2CN(Cc3ncc[nH]3)C[C@@]2(C(=O)O)C1. The number of likely N-dealkylation sites (tertiary alicyclic amines) is 1. The van der Waals surface area contributed by atoms with Crippen molar-refractivity contribution in [3.8, 4) is 0 Å². The molecule has 122 valence electrons. The zero-order valence-electron chi connectivity index (χ0n) is 12.4. The molecule has 0 radical (unpaired) electrons. The van der Waals surface area contributed by atoms with Crippen LogP contribution in [0.5, 0.6) is 0 Å². The summed E-state index contributed by atoms with van der Waals surface area (Å²) in [5.41, 5.74) is -1.01. The van der Waals surface area contributed by atoms with E-state index in [-0.39, 0.29) is 24.8 Å². The number of aromatic amines is 1. The average molecular weight is 328 g/mol. The lowest BCUT2D eigenvalue weighted by Crippen LogP contribution is -2.42. The van der Waals surface area contributed by atoms with E-state index >= 15 is 0 Å². The molecule has 8 nitrogen and oxygen atoms in total. The Morgan fingerprint density at radius 2 is 2.27 bits per heavy atom. The highest BCUT2D eigenvalue weighted by Gasteiger charge is 2.59. The minimum atomic E-state index is -3.35. The second-order valence-corrected chi connectivity index (χ2v) is 8.31. The van der Waals surface area contributed by atoms with Crippen molar-refractivity contribution in [3.05, 3.63) is 18.2 Å². The van der Waals surface area contributed by atoms with Crippen LogP contribution in [0.4, 0.5) is 0 Å². The molecule has 9 heteroatoms. The Hall–Kier alpha value is -1.45. The number of carboxylic acid groups (broad SMARTS) is 1. The molecule has 2 saturated heterocycles. The molecular formula is C13H20N4O4S. The van der Waals surface area contributed by atoms with Crippen LogP contribution in [0.1, 0.15) is 12.7 Å². The zero-order chi connectivity index (χ0) is 16.0. The van der Waals surface area contributed by atoms with E-state index in [0.717, 1.165) is 5.82 Å². The third-order valence-corrected chi connectivity index (χ3v) is 6.56. The molecule has 0 saturated carbocycles. The smallest absolute Gasteiger partial charge is 0.312 e. The minimum absolute atomic E-state index is 0.00548. The van der Waals surface area contributed by atoms with Crippen molar-refractivity contribution >= 4 is 16.0 Å². The van der Waals surface area contributed by atoms with E-state index in [1.165, 1.54) is 4.31 Å². The van der Waals surface area contributed by atoms with Gasteiger partial charge in [0.1, 0.15) is 5.82 Å². The van der Waals surface area contributed by atoms with E-state index in [1.807, 2.05) is 4.90 Å². The third-order valence-electron chi connectivity index (χ3n) is 4.76. The van der Waals surface area contributed by atoms with Gasteiger partial charge < -0.3 is 10.1 Å². The molecule has 2 atom stereocenters. The monoisotopic (exact) mass is 328 g/mol. The number of sulfonamides is 1. The van der Waals surface area contributed by atoms with Gasteiger partial charge in [-0.2, -0.15) is 0 Å². The van der Waals surface area contributed by atoms with E-state index in [1.54, 1.807) is 19.3 Å². The summed E-state index contributed by atoms with van der Waals surface area (Å²) in [6.45, 7) is 3.42. The van der Waals surface area contributed by atoms with Gasteiger partial charge in [0.15, 0.2) is 0 Å². The van der Waals surface area contributed by atoms with E-state index in [4.69, 9.17) is 0 Å². The molecule has 1 aromatic heterocycles. The molecule has 3 heterocycles. The number of rotatable bonds is 5. The maximum absolute atomic E-state index is 12.0. The van der Waals surface area contributed by atoms with Crippen molar-refractivity contribution in [2.24, 2.45) is 11.3 Å². The first kappa shape index (κ1) is 15.4. The van der Waals surface area contributed by atoms with Gasteiger partial charge in [-0.05, 0) is 6.92 Å². The van der Waals surface area contributed by atoms with Gasteiger partial charge in [-0.1, -0.05) is 0 Å². The number of aliphatic carboxylic acids is 1. The highest BCUT2D eigenvalue weighted by atomic mass is 32.2. The van der Waals surface area contributed by atoms with Gasteiger partial charge in [-0.15, -0.1) is 0 Å². The van der Waals surface area contributed by atoms with Crippen molar-refractivity contribution in [2.75, 3.05) is 31.9 Å². The molecule has 0 aromatic carbocycles. The first-order valence-corrected chi connectivity index (χ1v) is 8.90. The van der Waals surface area contributed by atoms with Crippen LogP contribution >= 0.6 is 0 Å². The van der Waals surface area contributed by atoms with E-state index in [2.05, 4.69) is 9.97 Å². The summed E-state index contributed by atoms with van der Waals surface area (Å²) in [5.74, 6) is -0.293. The Labute approximate surface area is 129 Å². The lowest BCUT2D eigenvalue weighted by molar-refractivity contribution is -0.148. The number of imidazole rings is 1. The Morgan fingerprint density at radius 1 is 1.50 bits per heavy atom. The Morgan fingerprint density at radius 3 is 2.82 bits per heavy atom. The van der Waals surface area contributed by atoms with Gasteiger partial charge in [0.25, 0.3) is 0 Å². The lowest BCUT2D eigenvalue weighted by Gasteiger charge is -2.24. The fourth-order valence-electron chi connectivity index (χ4n) is 3.54. The first-order valence-electron chi connectivity index (χ1n) is 7.29. The Bertz CT molecular complexity index is 660.